The highest BCUT2D eigenvalue weighted by molar-refractivity contribution is 9.10. The number of aromatic carboxylic acids is 1. The van der Waals surface area contributed by atoms with E-state index in [-0.39, 0.29) is 20.4 Å². The maximum absolute atomic E-state index is 12.3. The Kier molecular flexibility index (Phi) is 3.31. The topological polar surface area (TPSA) is 75.5 Å². The minimum absolute atomic E-state index is 0.0609. The molecule has 0 aliphatic carbocycles. The fourth-order valence-corrected chi connectivity index (χ4v) is 2.12. The van der Waals surface area contributed by atoms with E-state index in [1.165, 1.54) is 0 Å². The van der Waals surface area contributed by atoms with Crippen LogP contribution in [0.15, 0.2) is 15.0 Å². The number of carboxylic acid groups (broad SMARTS) is 1. The lowest BCUT2D eigenvalue weighted by Gasteiger charge is -2.12. The van der Waals surface area contributed by atoms with Gasteiger partial charge in [0.1, 0.15) is 11.1 Å². The third kappa shape index (κ3) is 2.73. The number of hydrogen-bond acceptors (Lipinski definition) is 4. The Morgan fingerprint density at radius 3 is 2.68 bits per heavy atom. The van der Waals surface area contributed by atoms with Crippen molar-refractivity contribution in [1.29, 1.82) is 0 Å². The van der Waals surface area contributed by atoms with Crippen LogP contribution in [0.3, 0.4) is 0 Å². The van der Waals surface area contributed by atoms with Gasteiger partial charge in [-0.3, -0.25) is 0 Å². The fourth-order valence-electron chi connectivity index (χ4n) is 1.43. The summed E-state index contributed by atoms with van der Waals surface area (Å²) < 4.78 is 45.8. The number of aromatic nitrogens is 1. The van der Waals surface area contributed by atoms with Crippen LogP contribution in [-0.4, -0.2) is 22.4 Å². The zero-order valence-electron chi connectivity index (χ0n) is 8.67. The van der Waals surface area contributed by atoms with E-state index < -0.39 is 23.6 Å². The first-order valence-electron chi connectivity index (χ1n) is 4.53. The molecule has 0 aliphatic rings. The predicted octanol–water partition coefficient (Wildman–Crippen LogP) is 3.85. The van der Waals surface area contributed by atoms with Crippen molar-refractivity contribution in [3.05, 3.63) is 20.9 Å². The minimum atomic E-state index is -5.04. The number of alkyl halides is 3. The second-order valence-corrected chi connectivity index (χ2v) is 4.53. The van der Waals surface area contributed by atoms with Gasteiger partial charge in [-0.2, -0.15) is 0 Å². The highest BCUT2D eigenvalue weighted by Gasteiger charge is 2.35. The van der Waals surface area contributed by atoms with Crippen LogP contribution in [0.2, 0.25) is 0 Å². The molecular weight excluding hydrogens is 355 g/mol. The van der Waals surface area contributed by atoms with E-state index in [4.69, 9.17) is 9.52 Å². The lowest BCUT2D eigenvalue weighted by Crippen LogP contribution is -2.19. The molecule has 0 bridgehead atoms. The smallest absolute Gasteiger partial charge is 0.478 e. The summed E-state index contributed by atoms with van der Waals surface area (Å²) in [4.78, 5) is 13.1. The molecule has 0 aliphatic heterocycles. The molecule has 0 radical (unpaired) electrons. The second kappa shape index (κ2) is 4.53. The van der Waals surface area contributed by atoms with Gasteiger partial charge in [0.25, 0.3) is 4.84 Å². The van der Waals surface area contributed by atoms with Crippen molar-refractivity contribution in [3.63, 3.8) is 0 Å². The van der Waals surface area contributed by atoms with Gasteiger partial charge in [0.15, 0.2) is 11.3 Å². The molecule has 102 valence electrons. The van der Waals surface area contributed by atoms with Crippen molar-refractivity contribution >= 4 is 45.2 Å². The second-order valence-electron chi connectivity index (χ2n) is 3.31. The Hall–Kier alpha value is -1.55. The van der Waals surface area contributed by atoms with Gasteiger partial charge in [0, 0.05) is 0 Å². The monoisotopic (exact) mass is 357 g/mol. The quantitative estimate of drug-likeness (QED) is 0.798. The van der Waals surface area contributed by atoms with Gasteiger partial charge in [-0.25, -0.2) is 4.79 Å². The number of carbonyl (C=O) groups is 1. The summed E-state index contributed by atoms with van der Waals surface area (Å²) >= 11 is 7.64. The standard InChI is InChI=1S/C9H3BrF3NO4S/c10-3-1-2(7(15)16)5(18-9(11,12)13)4-6(3)17-8(19)14-4/h1H,(H,14,19)(H,15,16). The van der Waals surface area contributed by atoms with Crippen LogP contribution in [0.4, 0.5) is 13.2 Å². The summed E-state index contributed by atoms with van der Waals surface area (Å²) in [7, 11) is 0. The van der Waals surface area contributed by atoms with E-state index in [0.717, 1.165) is 6.07 Å². The average Bonchev–Trinajstić information content (AvgIpc) is 2.62. The summed E-state index contributed by atoms with van der Waals surface area (Å²) in [6.45, 7) is 0. The van der Waals surface area contributed by atoms with E-state index in [1.54, 1.807) is 0 Å². The predicted molar refractivity (Wildman–Crippen MR) is 62.7 cm³/mol. The van der Waals surface area contributed by atoms with E-state index >= 15 is 0 Å². The van der Waals surface area contributed by atoms with E-state index in [9.17, 15) is 18.0 Å². The van der Waals surface area contributed by atoms with Crippen LogP contribution in [0.5, 0.6) is 5.75 Å². The first-order chi connectivity index (χ1) is 8.69. The van der Waals surface area contributed by atoms with Gasteiger partial charge in [-0.05, 0) is 34.2 Å². The third-order valence-corrected chi connectivity index (χ3v) is 2.83. The zero-order valence-corrected chi connectivity index (χ0v) is 11.1. The van der Waals surface area contributed by atoms with Gasteiger partial charge in [0.2, 0.25) is 0 Å². The normalized spacial score (nSPS) is 11.8. The number of nitrogens with one attached hydrogen (secondary N) is 1. The molecule has 10 heteroatoms. The number of fused-ring (bicyclic) bond motifs is 1. The Bertz CT molecular complexity index is 721. The van der Waals surface area contributed by atoms with Crippen molar-refractivity contribution in [1.82, 2.24) is 4.98 Å². The number of H-pyrrole nitrogens is 1. The van der Waals surface area contributed by atoms with E-state index in [2.05, 4.69) is 37.9 Å². The maximum atomic E-state index is 12.3. The average molecular weight is 358 g/mol. The molecule has 1 aromatic carbocycles. The first-order valence-corrected chi connectivity index (χ1v) is 5.73. The zero-order chi connectivity index (χ0) is 14.4. The Morgan fingerprint density at radius 2 is 2.16 bits per heavy atom. The third-order valence-electron chi connectivity index (χ3n) is 2.06. The summed E-state index contributed by atoms with van der Waals surface area (Å²) in [5.41, 5.74) is -1.02. The van der Waals surface area contributed by atoms with Crippen molar-refractivity contribution in [2.45, 2.75) is 6.36 Å². The van der Waals surface area contributed by atoms with Crippen LogP contribution in [0.25, 0.3) is 11.1 Å². The molecule has 0 saturated carbocycles. The summed E-state index contributed by atoms with van der Waals surface area (Å²) in [6.07, 6.45) is -5.04. The van der Waals surface area contributed by atoms with E-state index in [0.29, 0.717) is 0 Å². The van der Waals surface area contributed by atoms with Crippen LogP contribution >= 0.6 is 28.1 Å². The highest BCUT2D eigenvalue weighted by atomic mass is 79.9. The lowest BCUT2D eigenvalue weighted by molar-refractivity contribution is -0.274. The molecular formula is C9H3BrF3NO4S. The molecule has 0 spiro atoms. The van der Waals surface area contributed by atoms with Crippen molar-refractivity contribution in [3.8, 4) is 5.75 Å². The Labute approximate surface area is 116 Å². The van der Waals surface area contributed by atoms with Gasteiger partial charge in [-0.15, -0.1) is 13.2 Å². The molecule has 2 aromatic rings. The number of halogens is 4. The Morgan fingerprint density at radius 1 is 1.53 bits per heavy atom. The number of benzene rings is 1. The molecule has 19 heavy (non-hydrogen) atoms. The summed E-state index contributed by atoms with van der Waals surface area (Å²) in [5.74, 6) is -2.49. The van der Waals surface area contributed by atoms with Crippen molar-refractivity contribution < 1.29 is 32.2 Å². The minimum Gasteiger partial charge on any atom is -0.478 e. The number of hydrogen-bond donors (Lipinski definition) is 2. The molecule has 2 rings (SSSR count). The largest absolute Gasteiger partial charge is 0.573 e. The molecule has 0 fully saturated rings. The molecule has 5 nitrogen and oxygen atoms in total. The van der Waals surface area contributed by atoms with Gasteiger partial charge < -0.3 is 19.2 Å². The van der Waals surface area contributed by atoms with Crippen molar-refractivity contribution in [2.75, 3.05) is 0 Å². The SMILES string of the molecule is O=C(O)c1cc(Br)c2oc(=S)[nH]c2c1OC(F)(F)F. The molecule has 2 N–H and O–H groups in total. The van der Waals surface area contributed by atoms with Gasteiger partial charge >= 0.3 is 12.3 Å². The van der Waals surface area contributed by atoms with Gasteiger partial charge in [-0.1, -0.05) is 0 Å². The van der Waals surface area contributed by atoms with Crippen LogP contribution in [-0.2, 0) is 0 Å². The van der Waals surface area contributed by atoms with Crippen LogP contribution in [0, 0.1) is 4.84 Å². The number of rotatable bonds is 2. The fraction of sp³-hybridized carbons (Fsp3) is 0.111. The molecule has 0 amide bonds. The summed E-state index contributed by atoms with van der Waals surface area (Å²) in [6, 6.07) is 0.942. The highest BCUT2D eigenvalue weighted by Crippen LogP contribution is 2.37. The van der Waals surface area contributed by atoms with Crippen molar-refractivity contribution in [2.24, 2.45) is 0 Å². The van der Waals surface area contributed by atoms with Crippen LogP contribution < -0.4 is 4.74 Å². The molecule has 0 unspecified atom stereocenters. The Balaban J connectivity index is 2.82. The van der Waals surface area contributed by atoms with Crippen LogP contribution in [0.1, 0.15) is 10.4 Å². The molecule has 1 heterocycles. The number of ether oxygens (including phenoxy) is 1. The number of carboxylic acids is 1. The lowest BCUT2D eigenvalue weighted by atomic mass is 10.2. The summed E-state index contributed by atoms with van der Waals surface area (Å²) in [5, 5.41) is 8.91. The molecule has 0 atom stereocenters. The van der Waals surface area contributed by atoms with E-state index in [1.807, 2.05) is 0 Å². The first kappa shape index (κ1) is 13.9. The van der Waals surface area contributed by atoms with Gasteiger partial charge in [0.05, 0.1) is 4.47 Å². The maximum Gasteiger partial charge on any atom is 0.573 e. The molecule has 0 saturated heterocycles. The number of oxazole rings is 1. The number of aromatic amines is 1. The molecule has 1 aromatic heterocycles.